The molecular weight excluding hydrogens is 328 g/mol. The highest BCUT2D eigenvalue weighted by Crippen LogP contribution is 2.29. The lowest BCUT2D eigenvalue weighted by atomic mass is 9.98. The molecular formula is C15H14BrF2NO. The van der Waals surface area contributed by atoms with Crippen LogP contribution in [0.15, 0.2) is 40.9 Å². The fourth-order valence-electron chi connectivity index (χ4n) is 2.03. The molecule has 0 spiro atoms. The lowest BCUT2D eigenvalue weighted by molar-refractivity contribution is 0.405. The molecule has 1 atom stereocenters. The van der Waals surface area contributed by atoms with Crippen LogP contribution in [0.2, 0.25) is 0 Å². The standard InChI is InChI=1S/C15H14BrF2NO/c1-20-15-7-10(16)3-5-12(15)14(19)6-9-2-4-11(17)8-13(9)18/h2-5,7-8,14H,6,19H2,1H3. The van der Waals surface area contributed by atoms with Crippen molar-refractivity contribution in [2.24, 2.45) is 5.73 Å². The number of hydrogen-bond donors (Lipinski definition) is 1. The van der Waals surface area contributed by atoms with Crippen LogP contribution in [-0.2, 0) is 6.42 Å². The van der Waals surface area contributed by atoms with E-state index < -0.39 is 17.7 Å². The molecule has 0 aliphatic carbocycles. The second-order valence-electron chi connectivity index (χ2n) is 4.43. The lowest BCUT2D eigenvalue weighted by Crippen LogP contribution is -2.15. The van der Waals surface area contributed by atoms with E-state index in [4.69, 9.17) is 10.5 Å². The predicted molar refractivity (Wildman–Crippen MR) is 77.7 cm³/mol. The first-order valence-electron chi connectivity index (χ1n) is 6.04. The van der Waals surface area contributed by atoms with Crippen molar-refractivity contribution in [1.82, 2.24) is 0 Å². The van der Waals surface area contributed by atoms with Crippen molar-refractivity contribution in [1.29, 1.82) is 0 Å². The van der Waals surface area contributed by atoms with Gasteiger partial charge in [0.25, 0.3) is 0 Å². The zero-order valence-corrected chi connectivity index (χ0v) is 12.5. The van der Waals surface area contributed by atoms with Gasteiger partial charge in [0.2, 0.25) is 0 Å². The summed E-state index contributed by atoms with van der Waals surface area (Å²) in [7, 11) is 1.55. The van der Waals surface area contributed by atoms with Crippen LogP contribution < -0.4 is 10.5 Å². The van der Waals surface area contributed by atoms with Gasteiger partial charge in [-0.25, -0.2) is 8.78 Å². The highest BCUT2D eigenvalue weighted by atomic mass is 79.9. The van der Waals surface area contributed by atoms with Gasteiger partial charge in [-0.1, -0.05) is 28.1 Å². The molecule has 20 heavy (non-hydrogen) atoms. The number of nitrogens with two attached hydrogens (primary N) is 1. The van der Waals surface area contributed by atoms with Crippen molar-refractivity contribution in [2.45, 2.75) is 12.5 Å². The van der Waals surface area contributed by atoms with Crippen LogP contribution in [0.25, 0.3) is 0 Å². The Balaban J connectivity index is 2.25. The molecule has 2 nitrogen and oxygen atoms in total. The Hall–Kier alpha value is -1.46. The van der Waals surface area contributed by atoms with Crippen molar-refractivity contribution in [3.63, 3.8) is 0 Å². The van der Waals surface area contributed by atoms with Crippen molar-refractivity contribution in [2.75, 3.05) is 7.11 Å². The molecule has 0 heterocycles. The van der Waals surface area contributed by atoms with Crippen LogP contribution >= 0.6 is 15.9 Å². The van der Waals surface area contributed by atoms with E-state index in [1.54, 1.807) is 13.2 Å². The summed E-state index contributed by atoms with van der Waals surface area (Å²) in [5.74, 6) is -0.549. The molecule has 5 heteroatoms. The van der Waals surface area contributed by atoms with E-state index >= 15 is 0 Å². The van der Waals surface area contributed by atoms with Crippen LogP contribution in [0.4, 0.5) is 8.78 Å². The maximum Gasteiger partial charge on any atom is 0.129 e. The quantitative estimate of drug-likeness (QED) is 0.912. The van der Waals surface area contributed by atoms with Gasteiger partial charge in [-0.2, -0.15) is 0 Å². The lowest BCUT2D eigenvalue weighted by Gasteiger charge is -2.16. The Bertz CT molecular complexity index is 619. The molecule has 0 radical (unpaired) electrons. The maximum absolute atomic E-state index is 13.6. The largest absolute Gasteiger partial charge is 0.496 e. The van der Waals surface area contributed by atoms with Crippen LogP contribution in [0.1, 0.15) is 17.2 Å². The molecule has 0 aliphatic rings. The summed E-state index contributed by atoms with van der Waals surface area (Å²) < 4.78 is 32.7. The SMILES string of the molecule is COc1cc(Br)ccc1C(N)Cc1ccc(F)cc1F. The number of hydrogen-bond acceptors (Lipinski definition) is 2. The van der Waals surface area contributed by atoms with Gasteiger partial charge in [-0.3, -0.25) is 0 Å². The van der Waals surface area contributed by atoms with Gasteiger partial charge in [0.15, 0.2) is 0 Å². The average molecular weight is 342 g/mol. The minimum absolute atomic E-state index is 0.268. The first-order chi connectivity index (χ1) is 9.51. The van der Waals surface area contributed by atoms with Crippen molar-refractivity contribution < 1.29 is 13.5 Å². The summed E-state index contributed by atoms with van der Waals surface area (Å²) in [6, 6.07) is 8.54. The second kappa shape index (κ2) is 6.33. The number of ether oxygens (including phenoxy) is 1. The average Bonchev–Trinajstić information content (AvgIpc) is 2.41. The minimum Gasteiger partial charge on any atom is -0.496 e. The number of rotatable bonds is 4. The van der Waals surface area contributed by atoms with E-state index in [0.29, 0.717) is 11.3 Å². The summed E-state index contributed by atoms with van der Waals surface area (Å²) in [6.07, 6.45) is 0.268. The first kappa shape index (κ1) is 14.9. The Labute approximate surface area is 124 Å². The van der Waals surface area contributed by atoms with Crippen molar-refractivity contribution >= 4 is 15.9 Å². The monoisotopic (exact) mass is 341 g/mol. The summed E-state index contributed by atoms with van der Waals surface area (Å²) in [5.41, 5.74) is 7.26. The smallest absolute Gasteiger partial charge is 0.129 e. The van der Waals surface area contributed by atoms with E-state index in [9.17, 15) is 8.78 Å². The Morgan fingerprint density at radius 3 is 2.60 bits per heavy atom. The van der Waals surface area contributed by atoms with Gasteiger partial charge in [0.1, 0.15) is 17.4 Å². The molecule has 0 aromatic heterocycles. The Kier molecular flexibility index (Phi) is 4.73. The molecule has 0 saturated heterocycles. The number of benzene rings is 2. The molecule has 2 N–H and O–H groups in total. The molecule has 0 bridgehead atoms. The zero-order valence-electron chi connectivity index (χ0n) is 10.9. The fourth-order valence-corrected chi connectivity index (χ4v) is 2.37. The molecule has 2 rings (SSSR count). The van der Waals surface area contributed by atoms with Gasteiger partial charge in [-0.15, -0.1) is 0 Å². The van der Waals surface area contributed by atoms with E-state index in [1.165, 1.54) is 12.1 Å². The van der Waals surface area contributed by atoms with Crippen LogP contribution in [0.5, 0.6) is 5.75 Å². The van der Waals surface area contributed by atoms with E-state index in [2.05, 4.69) is 15.9 Å². The van der Waals surface area contributed by atoms with Crippen LogP contribution in [0, 0.1) is 11.6 Å². The third kappa shape index (κ3) is 3.35. The summed E-state index contributed by atoms with van der Waals surface area (Å²) in [5, 5.41) is 0. The third-order valence-corrected chi connectivity index (χ3v) is 3.54. The number of halogens is 3. The maximum atomic E-state index is 13.6. The van der Waals surface area contributed by atoms with Gasteiger partial charge in [0, 0.05) is 22.1 Å². The van der Waals surface area contributed by atoms with E-state index in [0.717, 1.165) is 16.1 Å². The summed E-state index contributed by atoms with van der Waals surface area (Å²) >= 11 is 3.35. The molecule has 0 saturated carbocycles. The van der Waals surface area contributed by atoms with E-state index in [1.807, 2.05) is 12.1 Å². The molecule has 0 aliphatic heterocycles. The van der Waals surface area contributed by atoms with Crippen LogP contribution in [0.3, 0.4) is 0 Å². The molecule has 2 aromatic rings. The first-order valence-corrected chi connectivity index (χ1v) is 6.83. The van der Waals surface area contributed by atoms with E-state index in [-0.39, 0.29) is 6.42 Å². The van der Waals surface area contributed by atoms with Crippen molar-refractivity contribution in [3.05, 3.63) is 63.6 Å². The molecule has 0 amide bonds. The summed E-state index contributed by atoms with van der Waals surface area (Å²) in [4.78, 5) is 0. The Morgan fingerprint density at radius 1 is 1.20 bits per heavy atom. The van der Waals surface area contributed by atoms with Gasteiger partial charge < -0.3 is 10.5 Å². The third-order valence-electron chi connectivity index (χ3n) is 3.05. The second-order valence-corrected chi connectivity index (χ2v) is 5.35. The minimum atomic E-state index is -0.596. The van der Waals surface area contributed by atoms with Crippen molar-refractivity contribution in [3.8, 4) is 5.75 Å². The zero-order chi connectivity index (χ0) is 14.7. The topological polar surface area (TPSA) is 35.2 Å². The van der Waals surface area contributed by atoms with Gasteiger partial charge in [0.05, 0.1) is 7.11 Å². The highest BCUT2D eigenvalue weighted by molar-refractivity contribution is 9.10. The molecule has 106 valence electrons. The van der Waals surface area contributed by atoms with Gasteiger partial charge in [-0.05, 0) is 30.2 Å². The molecule has 0 fully saturated rings. The molecule has 1 unspecified atom stereocenters. The highest BCUT2D eigenvalue weighted by Gasteiger charge is 2.15. The summed E-state index contributed by atoms with van der Waals surface area (Å²) in [6.45, 7) is 0. The van der Waals surface area contributed by atoms with Gasteiger partial charge >= 0.3 is 0 Å². The fraction of sp³-hybridized carbons (Fsp3) is 0.200. The molecule has 2 aromatic carbocycles. The predicted octanol–water partition coefficient (Wildman–Crippen LogP) is 3.98. The Morgan fingerprint density at radius 2 is 1.95 bits per heavy atom. The normalized spacial score (nSPS) is 12.2. The van der Waals surface area contributed by atoms with Crippen LogP contribution in [-0.4, -0.2) is 7.11 Å². The number of methoxy groups -OCH3 is 1.